The van der Waals surface area contributed by atoms with Gasteiger partial charge in [0.05, 0.1) is 31.2 Å². The number of benzene rings is 3. The molecule has 3 aromatic carbocycles. The van der Waals surface area contributed by atoms with Crippen molar-refractivity contribution in [2.24, 2.45) is 0 Å². The van der Waals surface area contributed by atoms with Crippen molar-refractivity contribution in [2.75, 3.05) is 0 Å². The van der Waals surface area contributed by atoms with E-state index in [1.54, 1.807) is 24.3 Å². The van der Waals surface area contributed by atoms with Gasteiger partial charge in [0.2, 0.25) is 19.2 Å². The van der Waals surface area contributed by atoms with Crippen molar-refractivity contribution in [3.05, 3.63) is 97.4 Å². The van der Waals surface area contributed by atoms with Gasteiger partial charge in [-0.05, 0) is 48.4 Å². The number of aryl methyl sites for hydroxylation is 1. The molecule has 3 rings (SSSR count). The Balaban J connectivity index is 2.05. The molecule has 0 heterocycles. The summed E-state index contributed by atoms with van der Waals surface area (Å²) in [5.74, 6) is 0.374. The summed E-state index contributed by atoms with van der Waals surface area (Å²) in [4.78, 5) is 26.9. The van der Waals surface area contributed by atoms with Gasteiger partial charge in [-0.2, -0.15) is 0 Å². The van der Waals surface area contributed by atoms with Crippen LogP contribution in [0.15, 0.2) is 60.7 Å². The SMILES string of the molecule is CCCc1ccc(OP(C(=O)c2c(Cl)cccc2Cl)C(=O)c2c(Cl)cccc2Cl)cc1. The van der Waals surface area contributed by atoms with Crippen molar-refractivity contribution in [1.82, 2.24) is 0 Å². The van der Waals surface area contributed by atoms with Gasteiger partial charge in [-0.3, -0.25) is 9.59 Å². The Kier molecular flexibility index (Phi) is 8.38. The molecular formula is C23H17Cl4O3P. The monoisotopic (exact) mass is 512 g/mol. The van der Waals surface area contributed by atoms with Gasteiger partial charge in [0.15, 0.2) is 0 Å². The Morgan fingerprint density at radius 1 is 0.742 bits per heavy atom. The zero-order valence-electron chi connectivity index (χ0n) is 16.4. The summed E-state index contributed by atoms with van der Waals surface area (Å²) < 4.78 is 5.93. The second-order valence-electron chi connectivity index (χ2n) is 6.58. The maximum Gasteiger partial charge on any atom is 0.235 e. The Labute approximate surface area is 202 Å². The van der Waals surface area contributed by atoms with Gasteiger partial charge in [-0.15, -0.1) is 0 Å². The van der Waals surface area contributed by atoms with E-state index in [1.165, 1.54) is 24.3 Å². The molecular weight excluding hydrogens is 497 g/mol. The molecule has 0 N–H and O–H groups in total. The van der Waals surface area contributed by atoms with E-state index in [1.807, 2.05) is 12.1 Å². The Morgan fingerprint density at radius 2 is 1.16 bits per heavy atom. The van der Waals surface area contributed by atoms with Crippen LogP contribution in [0.4, 0.5) is 0 Å². The van der Waals surface area contributed by atoms with E-state index in [0.717, 1.165) is 18.4 Å². The number of hydrogen-bond acceptors (Lipinski definition) is 3. The molecule has 0 spiro atoms. The molecule has 0 aromatic heterocycles. The molecule has 0 radical (unpaired) electrons. The topological polar surface area (TPSA) is 43.4 Å². The summed E-state index contributed by atoms with van der Waals surface area (Å²) in [7, 11) is -2.41. The van der Waals surface area contributed by atoms with Crippen LogP contribution < -0.4 is 4.52 Å². The summed E-state index contributed by atoms with van der Waals surface area (Å²) in [6.07, 6.45) is 1.91. The number of carbonyl (C=O) groups excluding carboxylic acids is 2. The van der Waals surface area contributed by atoms with E-state index in [0.29, 0.717) is 5.75 Å². The van der Waals surface area contributed by atoms with Crippen molar-refractivity contribution in [1.29, 1.82) is 0 Å². The molecule has 3 aromatic rings. The zero-order chi connectivity index (χ0) is 22.5. The highest BCUT2D eigenvalue weighted by Gasteiger charge is 2.36. The average molecular weight is 514 g/mol. The molecule has 3 nitrogen and oxygen atoms in total. The van der Waals surface area contributed by atoms with E-state index < -0.39 is 19.2 Å². The Bertz CT molecular complexity index is 1010. The lowest BCUT2D eigenvalue weighted by Crippen LogP contribution is -2.12. The van der Waals surface area contributed by atoms with Crippen molar-refractivity contribution in [3.63, 3.8) is 0 Å². The van der Waals surface area contributed by atoms with Crippen LogP contribution in [-0.2, 0) is 6.42 Å². The lowest BCUT2D eigenvalue weighted by molar-refractivity contribution is 0.103. The third-order valence-corrected chi connectivity index (χ3v) is 7.22. The first-order valence-electron chi connectivity index (χ1n) is 9.37. The molecule has 0 atom stereocenters. The van der Waals surface area contributed by atoms with Gasteiger partial charge in [-0.1, -0.05) is 84.0 Å². The smallest absolute Gasteiger partial charge is 0.235 e. The fourth-order valence-electron chi connectivity index (χ4n) is 2.89. The number of hydrogen-bond donors (Lipinski definition) is 0. The maximum absolute atomic E-state index is 13.4. The van der Waals surface area contributed by atoms with Crippen LogP contribution >= 0.6 is 54.6 Å². The van der Waals surface area contributed by atoms with E-state index in [2.05, 4.69) is 6.92 Å². The molecule has 31 heavy (non-hydrogen) atoms. The van der Waals surface area contributed by atoms with Crippen molar-refractivity contribution >= 4 is 65.6 Å². The Morgan fingerprint density at radius 3 is 1.55 bits per heavy atom. The lowest BCUT2D eigenvalue weighted by Gasteiger charge is -2.19. The summed E-state index contributed by atoms with van der Waals surface area (Å²) in [6, 6.07) is 16.6. The first kappa shape index (κ1) is 24.0. The highest BCUT2D eigenvalue weighted by atomic mass is 35.5. The van der Waals surface area contributed by atoms with E-state index in [9.17, 15) is 9.59 Å². The third-order valence-electron chi connectivity index (χ3n) is 4.38. The molecule has 0 bridgehead atoms. The number of halogens is 4. The van der Waals surface area contributed by atoms with Gasteiger partial charge >= 0.3 is 0 Å². The summed E-state index contributed by atoms with van der Waals surface area (Å²) in [6.45, 7) is 2.09. The van der Waals surface area contributed by atoms with Crippen LogP contribution in [0, 0.1) is 0 Å². The molecule has 8 heteroatoms. The number of rotatable bonds is 8. The minimum absolute atomic E-state index is 0.0241. The van der Waals surface area contributed by atoms with Crippen molar-refractivity contribution < 1.29 is 14.1 Å². The van der Waals surface area contributed by atoms with E-state index >= 15 is 0 Å². The van der Waals surface area contributed by atoms with Crippen LogP contribution in [0.3, 0.4) is 0 Å². The third kappa shape index (κ3) is 5.61. The van der Waals surface area contributed by atoms with Crippen LogP contribution in [0.5, 0.6) is 5.75 Å². The molecule has 0 aliphatic heterocycles. The fourth-order valence-corrected chi connectivity index (χ4v) is 5.87. The summed E-state index contributed by atoms with van der Waals surface area (Å²) in [5, 5.41) is 0.518. The zero-order valence-corrected chi connectivity index (χ0v) is 20.3. The van der Waals surface area contributed by atoms with E-state index in [-0.39, 0.29) is 31.2 Å². The van der Waals surface area contributed by atoms with Gasteiger partial charge in [0.1, 0.15) is 5.75 Å². The van der Waals surface area contributed by atoms with Gasteiger partial charge in [0.25, 0.3) is 0 Å². The maximum atomic E-state index is 13.4. The highest BCUT2D eigenvalue weighted by molar-refractivity contribution is 7.87. The van der Waals surface area contributed by atoms with Gasteiger partial charge in [-0.25, -0.2) is 0 Å². The summed E-state index contributed by atoms with van der Waals surface area (Å²) >= 11 is 24.9. The minimum Gasteiger partial charge on any atom is -0.458 e. The highest BCUT2D eigenvalue weighted by Crippen LogP contribution is 2.49. The largest absolute Gasteiger partial charge is 0.458 e. The first-order valence-corrected chi connectivity index (χ1v) is 12.1. The normalized spacial score (nSPS) is 10.9. The molecule has 0 saturated carbocycles. The fraction of sp³-hybridized carbons (Fsp3) is 0.130. The molecule has 0 unspecified atom stereocenters. The van der Waals surface area contributed by atoms with Crippen LogP contribution in [0.1, 0.15) is 39.6 Å². The minimum atomic E-state index is -2.41. The van der Waals surface area contributed by atoms with Gasteiger partial charge in [0, 0.05) is 0 Å². The number of carbonyl (C=O) groups is 2. The molecule has 0 aliphatic rings. The molecule has 0 fully saturated rings. The lowest BCUT2D eigenvalue weighted by atomic mass is 10.1. The van der Waals surface area contributed by atoms with Crippen LogP contribution in [0.25, 0.3) is 0 Å². The molecule has 0 amide bonds. The second-order valence-corrected chi connectivity index (χ2v) is 9.80. The predicted molar refractivity (Wildman–Crippen MR) is 130 cm³/mol. The van der Waals surface area contributed by atoms with Crippen molar-refractivity contribution in [2.45, 2.75) is 19.8 Å². The second kappa shape index (κ2) is 10.8. The Hall–Kier alpha value is -1.61. The predicted octanol–water partition coefficient (Wildman–Crippen LogP) is 8.71. The van der Waals surface area contributed by atoms with Gasteiger partial charge < -0.3 is 4.52 Å². The first-order chi connectivity index (χ1) is 14.8. The van der Waals surface area contributed by atoms with Crippen molar-refractivity contribution in [3.8, 4) is 5.75 Å². The van der Waals surface area contributed by atoms with Crippen LogP contribution in [0.2, 0.25) is 20.1 Å². The average Bonchev–Trinajstić information content (AvgIpc) is 2.73. The molecule has 0 saturated heterocycles. The summed E-state index contributed by atoms with van der Waals surface area (Å²) in [5.41, 5.74) is -0.0688. The quantitative estimate of drug-likeness (QED) is 0.283. The standard InChI is InChI=1S/C23H17Cl4O3P/c1-2-5-14-10-12-15(13-11-14)30-31(22(28)20-16(24)6-3-7-17(20)25)23(29)21-18(26)8-4-9-19(21)27/h3-4,6-13H,2,5H2,1H3. The van der Waals surface area contributed by atoms with E-state index in [4.69, 9.17) is 50.9 Å². The molecule has 160 valence electrons. The van der Waals surface area contributed by atoms with Crippen LogP contribution in [-0.4, -0.2) is 11.0 Å². The molecule has 0 aliphatic carbocycles.